The number of nitrogens with two attached hydrogens (primary N) is 1. The summed E-state index contributed by atoms with van der Waals surface area (Å²) in [5.74, 6) is 0.645. The third-order valence-electron chi connectivity index (χ3n) is 5.92. The number of benzene rings is 1. The Labute approximate surface area is 144 Å². The minimum absolute atomic E-state index is 0.0140. The van der Waals surface area contributed by atoms with Crippen LogP contribution >= 0.6 is 0 Å². The first-order valence-corrected chi connectivity index (χ1v) is 9.28. The lowest BCUT2D eigenvalue weighted by molar-refractivity contribution is -0.140. The van der Waals surface area contributed by atoms with E-state index in [4.69, 9.17) is 5.73 Å². The Hall–Kier alpha value is -1.42. The fraction of sp³-hybridized carbons (Fsp3) is 0.650. The minimum atomic E-state index is -0.347. The van der Waals surface area contributed by atoms with E-state index in [1.807, 2.05) is 24.0 Å². The lowest BCUT2D eigenvalue weighted by Gasteiger charge is -2.41. The molecule has 2 N–H and O–H groups in total. The molecule has 1 heterocycles. The summed E-state index contributed by atoms with van der Waals surface area (Å²) in [6.45, 7) is 3.70. The number of carbonyl (C=O) groups is 1. The first-order chi connectivity index (χ1) is 11.5. The van der Waals surface area contributed by atoms with Gasteiger partial charge in [0.2, 0.25) is 5.91 Å². The second-order valence-corrected chi connectivity index (χ2v) is 7.90. The predicted octanol–water partition coefficient (Wildman–Crippen LogP) is 3.51. The van der Waals surface area contributed by atoms with Crippen molar-refractivity contribution in [1.29, 1.82) is 0 Å². The maximum absolute atomic E-state index is 13.0. The number of hydrogen-bond acceptors (Lipinski definition) is 2. The zero-order chi connectivity index (χ0) is 17.2. The van der Waals surface area contributed by atoms with Gasteiger partial charge in [0.05, 0.1) is 5.92 Å². The number of carbonyl (C=O) groups excluding carboxylic acids is 1. The number of rotatable bonds is 3. The molecule has 1 saturated carbocycles. The Morgan fingerprint density at radius 1 is 1.21 bits per heavy atom. The van der Waals surface area contributed by atoms with Crippen LogP contribution in [0.5, 0.6) is 0 Å². The van der Waals surface area contributed by atoms with Crippen LogP contribution in [0.4, 0.5) is 4.39 Å². The Balaban J connectivity index is 1.53. The monoisotopic (exact) mass is 332 g/mol. The summed E-state index contributed by atoms with van der Waals surface area (Å²) in [6, 6.07) is 6.79. The van der Waals surface area contributed by atoms with Crippen molar-refractivity contribution in [2.24, 2.45) is 17.6 Å². The van der Waals surface area contributed by atoms with E-state index in [2.05, 4.69) is 0 Å². The molecule has 1 aromatic carbocycles. The van der Waals surface area contributed by atoms with Crippen LogP contribution in [0.2, 0.25) is 0 Å². The summed E-state index contributed by atoms with van der Waals surface area (Å²) < 4.78 is 13.0. The van der Waals surface area contributed by atoms with Crippen molar-refractivity contribution >= 4 is 5.91 Å². The topological polar surface area (TPSA) is 46.3 Å². The van der Waals surface area contributed by atoms with Gasteiger partial charge in [-0.2, -0.15) is 0 Å². The highest BCUT2D eigenvalue weighted by molar-refractivity contribution is 5.80. The lowest BCUT2D eigenvalue weighted by Crippen LogP contribution is -2.54. The van der Waals surface area contributed by atoms with Gasteiger partial charge < -0.3 is 10.6 Å². The van der Waals surface area contributed by atoms with Gasteiger partial charge in [0.15, 0.2) is 0 Å². The molecule has 132 valence electrons. The van der Waals surface area contributed by atoms with Crippen LogP contribution in [0.3, 0.4) is 0 Å². The fourth-order valence-electron chi connectivity index (χ4n) is 4.30. The largest absolute Gasteiger partial charge is 0.342 e. The van der Waals surface area contributed by atoms with Crippen molar-refractivity contribution in [2.75, 3.05) is 13.1 Å². The third kappa shape index (κ3) is 3.97. The fourth-order valence-corrected chi connectivity index (χ4v) is 4.30. The molecule has 2 fully saturated rings. The standard InChI is InChI=1S/C20H29FN2O/c1-20(22)11-3-2-4-18(20)19(24)23-12-9-16(10-13-23)14-15-5-7-17(21)8-6-15/h5-8,16,18H,2-4,9-14,22H2,1H3. The normalized spacial score (nSPS) is 28.8. The van der Waals surface area contributed by atoms with Crippen molar-refractivity contribution in [2.45, 2.75) is 57.4 Å². The van der Waals surface area contributed by atoms with E-state index >= 15 is 0 Å². The molecule has 3 nitrogen and oxygen atoms in total. The molecule has 1 aliphatic heterocycles. The van der Waals surface area contributed by atoms with Crippen LogP contribution < -0.4 is 5.73 Å². The molecule has 0 bridgehead atoms. The zero-order valence-electron chi connectivity index (χ0n) is 14.6. The van der Waals surface area contributed by atoms with Crippen molar-refractivity contribution in [3.8, 4) is 0 Å². The molecule has 0 spiro atoms. The average molecular weight is 332 g/mol. The van der Waals surface area contributed by atoms with E-state index in [0.29, 0.717) is 5.92 Å². The molecule has 0 aromatic heterocycles. The number of hydrogen-bond donors (Lipinski definition) is 1. The van der Waals surface area contributed by atoms with E-state index in [9.17, 15) is 9.18 Å². The third-order valence-corrected chi connectivity index (χ3v) is 5.92. The lowest BCUT2D eigenvalue weighted by atomic mass is 9.73. The molecule has 2 aliphatic rings. The summed E-state index contributed by atoms with van der Waals surface area (Å²) >= 11 is 0. The SMILES string of the molecule is CC1(N)CCCCC1C(=O)N1CCC(Cc2ccc(F)cc2)CC1. The van der Waals surface area contributed by atoms with Crippen molar-refractivity contribution in [3.63, 3.8) is 0 Å². The number of amides is 1. The molecule has 1 saturated heterocycles. The van der Waals surface area contributed by atoms with Crippen LogP contribution in [0.1, 0.15) is 51.0 Å². The summed E-state index contributed by atoms with van der Waals surface area (Å²) in [6.07, 6.45) is 7.15. The highest BCUT2D eigenvalue weighted by Gasteiger charge is 2.40. The summed E-state index contributed by atoms with van der Waals surface area (Å²) in [5.41, 5.74) is 7.23. The number of halogens is 1. The van der Waals surface area contributed by atoms with E-state index in [0.717, 1.165) is 58.0 Å². The maximum Gasteiger partial charge on any atom is 0.227 e. The second kappa shape index (κ2) is 7.22. The molecule has 1 amide bonds. The van der Waals surface area contributed by atoms with Gasteiger partial charge in [-0.05, 0) is 62.6 Å². The van der Waals surface area contributed by atoms with Crippen LogP contribution in [-0.4, -0.2) is 29.4 Å². The van der Waals surface area contributed by atoms with Gasteiger partial charge in [-0.15, -0.1) is 0 Å². The van der Waals surface area contributed by atoms with Gasteiger partial charge in [0.25, 0.3) is 0 Å². The first-order valence-electron chi connectivity index (χ1n) is 9.28. The predicted molar refractivity (Wildman–Crippen MR) is 94.0 cm³/mol. The van der Waals surface area contributed by atoms with E-state index in [1.54, 1.807) is 0 Å². The highest BCUT2D eigenvalue weighted by atomic mass is 19.1. The van der Waals surface area contributed by atoms with Gasteiger partial charge in [-0.25, -0.2) is 4.39 Å². The molecular formula is C20H29FN2O. The number of nitrogens with zero attached hydrogens (tertiary/aromatic N) is 1. The van der Waals surface area contributed by atoms with Crippen LogP contribution in [-0.2, 0) is 11.2 Å². The molecular weight excluding hydrogens is 303 g/mol. The van der Waals surface area contributed by atoms with Gasteiger partial charge in [0.1, 0.15) is 5.82 Å². The molecule has 3 rings (SSSR count). The van der Waals surface area contributed by atoms with Gasteiger partial charge >= 0.3 is 0 Å². The molecule has 24 heavy (non-hydrogen) atoms. The molecule has 0 radical (unpaired) electrons. The van der Waals surface area contributed by atoms with E-state index in [1.165, 1.54) is 17.7 Å². The van der Waals surface area contributed by atoms with Crippen molar-refractivity contribution in [1.82, 2.24) is 4.90 Å². The summed E-state index contributed by atoms with van der Waals surface area (Å²) in [7, 11) is 0. The van der Waals surface area contributed by atoms with Gasteiger partial charge in [-0.3, -0.25) is 4.79 Å². The summed E-state index contributed by atoms with van der Waals surface area (Å²) in [4.78, 5) is 14.9. The van der Waals surface area contributed by atoms with E-state index in [-0.39, 0.29) is 23.2 Å². The molecule has 1 aromatic rings. The Morgan fingerprint density at radius 3 is 2.50 bits per heavy atom. The molecule has 1 aliphatic carbocycles. The molecule has 2 atom stereocenters. The van der Waals surface area contributed by atoms with E-state index < -0.39 is 0 Å². The quantitative estimate of drug-likeness (QED) is 0.920. The van der Waals surface area contributed by atoms with Crippen molar-refractivity contribution in [3.05, 3.63) is 35.6 Å². The Morgan fingerprint density at radius 2 is 1.88 bits per heavy atom. The Kier molecular flexibility index (Phi) is 5.24. The van der Waals surface area contributed by atoms with Crippen LogP contribution in [0, 0.1) is 17.7 Å². The van der Waals surface area contributed by atoms with Crippen LogP contribution in [0.15, 0.2) is 24.3 Å². The van der Waals surface area contributed by atoms with Crippen molar-refractivity contribution < 1.29 is 9.18 Å². The number of piperidine rings is 1. The highest BCUT2D eigenvalue weighted by Crippen LogP contribution is 2.34. The maximum atomic E-state index is 13.0. The minimum Gasteiger partial charge on any atom is -0.342 e. The zero-order valence-corrected chi connectivity index (χ0v) is 14.6. The second-order valence-electron chi connectivity index (χ2n) is 7.90. The summed E-state index contributed by atoms with van der Waals surface area (Å²) in [5, 5.41) is 0. The average Bonchev–Trinajstić information content (AvgIpc) is 2.57. The number of likely N-dealkylation sites (tertiary alicyclic amines) is 1. The molecule has 4 heteroatoms. The van der Waals surface area contributed by atoms with Gasteiger partial charge in [-0.1, -0.05) is 25.0 Å². The molecule has 2 unspecified atom stereocenters. The van der Waals surface area contributed by atoms with Gasteiger partial charge in [0, 0.05) is 18.6 Å². The Bertz CT molecular complexity index is 562. The van der Waals surface area contributed by atoms with Crippen LogP contribution in [0.25, 0.3) is 0 Å². The smallest absolute Gasteiger partial charge is 0.227 e. The first kappa shape index (κ1) is 17.4.